The van der Waals surface area contributed by atoms with E-state index in [0.717, 1.165) is 12.8 Å². The number of nitrogens with one attached hydrogen (secondary N) is 1. The van der Waals surface area contributed by atoms with Crippen molar-refractivity contribution < 1.29 is 19.8 Å². The molecule has 0 aromatic carbocycles. The van der Waals surface area contributed by atoms with Crippen LogP contribution in [0.2, 0.25) is 0 Å². The third-order valence-corrected chi connectivity index (χ3v) is 2.98. The van der Waals surface area contributed by atoms with Gasteiger partial charge in [0.15, 0.2) is 6.04 Å². The minimum Gasteiger partial charge on any atom is -0.480 e. The molecule has 1 aliphatic carbocycles. The van der Waals surface area contributed by atoms with E-state index in [1.54, 1.807) is 0 Å². The van der Waals surface area contributed by atoms with E-state index >= 15 is 0 Å². The molecule has 1 fully saturated rings. The van der Waals surface area contributed by atoms with Gasteiger partial charge in [0, 0.05) is 0 Å². The number of carbonyl (C=O) groups is 2. The van der Waals surface area contributed by atoms with E-state index in [2.05, 4.69) is 5.32 Å². The average molecular weight is 230 g/mol. The average Bonchev–Trinajstić information content (AvgIpc) is 2.61. The Bertz CT molecular complexity index is 285. The molecule has 0 unspecified atom stereocenters. The SMILES string of the molecule is C[C@@H](O)[C@H](NC(=O)C1(N)CCCC1)C(=O)O. The summed E-state index contributed by atoms with van der Waals surface area (Å²) in [6.45, 7) is 1.32. The van der Waals surface area contributed by atoms with E-state index in [0.29, 0.717) is 12.8 Å². The van der Waals surface area contributed by atoms with Crippen LogP contribution < -0.4 is 11.1 Å². The first-order valence-corrected chi connectivity index (χ1v) is 5.37. The van der Waals surface area contributed by atoms with Gasteiger partial charge in [-0.05, 0) is 19.8 Å². The Morgan fingerprint density at radius 2 is 1.88 bits per heavy atom. The summed E-state index contributed by atoms with van der Waals surface area (Å²) in [6, 6.07) is -1.30. The molecule has 6 heteroatoms. The number of aliphatic carboxylic acids is 1. The summed E-state index contributed by atoms with van der Waals surface area (Å²) in [5.41, 5.74) is 4.89. The normalized spacial score (nSPS) is 22.4. The molecule has 1 aliphatic rings. The Kier molecular flexibility index (Phi) is 3.88. The van der Waals surface area contributed by atoms with E-state index in [9.17, 15) is 14.7 Å². The van der Waals surface area contributed by atoms with Gasteiger partial charge in [-0.1, -0.05) is 12.8 Å². The quantitative estimate of drug-likeness (QED) is 0.505. The third-order valence-electron chi connectivity index (χ3n) is 2.98. The molecule has 0 aromatic rings. The highest BCUT2D eigenvalue weighted by atomic mass is 16.4. The number of hydrogen-bond acceptors (Lipinski definition) is 4. The molecule has 92 valence electrons. The predicted molar refractivity (Wildman–Crippen MR) is 56.6 cm³/mol. The minimum atomic E-state index is -1.30. The van der Waals surface area contributed by atoms with Crippen LogP contribution >= 0.6 is 0 Å². The highest BCUT2D eigenvalue weighted by Crippen LogP contribution is 2.27. The first-order valence-electron chi connectivity index (χ1n) is 5.37. The van der Waals surface area contributed by atoms with Gasteiger partial charge in [0.25, 0.3) is 0 Å². The Morgan fingerprint density at radius 1 is 1.38 bits per heavy atom. The van der Waals surface area contributed by atoms with Gasteiger partial charge in [0.1, 0.15) is 0 Å². The van der Waals surface area contributed by atoms with Crippen molar-refractivity contribution in [2.75, 3.05) is 0 Å². The number of aliphatic hydroxyl groups excluding tert-OH is 1. The van der Waals surface area contributed by atoms with E-state index in [4.69, 9.17) is 10.8 Å². The molecule has 2 atom stereocenters. The molecule has 6 nitrogen and oxygen atoms in total. The molecule has 16 heavy (non-hydrogen) atoms. The van der Waals surface area contributed by atoms with Gasteiger partial charge in [0.05, 0.1) is 11.6 Å². The van der Waals surface area contributed by atoms with Crippen LogP contribution in [0.4, 0.5) is 0 Å². The van der Waals surface area contributed by atoms with Gasteiger partial charge in [-0.3, -0.25) is 4.79 Å². The lowest BCUT2D eigenvalue weighted by Gasteiger charge is -2.26. The monoisotopic (exact) mass is 230 g/mol. The first-order chi connectivity index (χ1) is 7.37. The molecule has 0 spiro atoms. The zero-order valence-corrected chi connectivity index (χ0v) is 9.27. The van der Waals surface area contributed by atoms with Crippen molar-refractivity contribution in [3.8, 4) is 0 Å². The molecule has 5 N–H and O–H groups in total. The summed E-state index contributed by atoms with van der Waals surface area (Å²) in [5, 5.41) is 20.3. The lowest BCUT2D eigenvalue weighted by Crippen LogP contribution is -2.58. The molecule has 1 saturated carbocycles. The molecule has 0 saturated heterocycles. The Hall–Kier alpha value is -1.14. The summed E-state index contributed by atoms with van der Waals surface area (Å²) in [4.78, 5) is 22.6. The zero-order valence-electron chi connectivity index (χ0n) is 9.27. The van der Waals surface area contributed by atoms with Crippen molar-refractivity contribution in [2.24, 2.45) is 5.73 Å². The van der Waals surface area contributed by atoms with Crippen molar-refractivity contribution in [1.82, 2.24) is 5.32 Å². The lowest BCUT2D eigenvalue weighted by molar-refractivity contribution is -0.145. The third kappa shape index (κ3) is 2.70. The van der Waals surface area contributed by atoms with Crippen molar-refractivity contribution in [2.45, 2.75) is 50.3 Å². The van der Waals surface area contributed by atoms with Gasteiger partial charge < -0.3 is 21.3 Å². The molecule has 0 bridgehead atoms. The number of carboxylic acids is 1. The highest BCUT2D eigenvalue weighted by Gasteiger charge is 2.39. The fourth-order valence-electron chi connectivity index (χ4n) is 1.91. The first kappa shape index (κ1) is 12.9. The van der Waals surface area contributed by atoms with Crippen molar-refractivity contribution in [3.05, 3.63) is 0 Å². The predicted octanol–water partition coefficient (Wildman–Crippen LogP) is -0.792. The Balaban J connectivity index is 2.65. The van der Waals surface area contributed by atoms with Crippen molar-refractivity contribution in [1.29, 1.82) is 0 Å². The summed E-state index contributed by atoms with van der Waals surface area (Å²) in [7, 11) is 0. The van der Waals surface area contributed by atoms with Crippen LogP contribution in [0, 0.1) is 0 Å². The van der Waals surface area contributed by atoms with Gasteiger partial charge in [0.2, 0.25) is 5.91 Å². The molecule has 1 amide bonds. The van der Waals surface area contributed by atoms with E-state index in [1.165, 1.54) is 6.92 Å². The van der Waals surface area contributed by atoms with Crippen LogP contribution in [0.25, 0.3) is 0 Å². The molecule has 0 radical (unpaired) electrons. The number of aliphatic hydroxyl groups is 1. The maximum absolute atomic E-state index is 11.8. The van der Waals surface area contributed by atoms with Crippen LogP contribution in [0.5, 0.6) is 0 Å². The van der Waals surface area contributed by atoms with Gasteiger partial charge >= 0.3 is 5.97 Å². The van der Waals surface area contributed by atoms with Crippen LogP contribution in [0.3, 0.4) is 0 Å². The molecule has 1 rings (SSSR count). The van der Waals surface area contributed by atoms with Gasteiger partial charge in [-0.25, -0.2) is 4.79 Å². The highest BCUT2D eigenvalue weighted by molar-refractivity contribution is 5.90. The number of hydrogen-bond donors (Lipinski definition) is 4. The number of rotatable bonds is 4. The minimum absolute atomic E-state index is 0.488. The number of carbonyl (C=O) groups excluding carboxylic acids is 1. The summed E-state index contributed by atoms with van der Waals surface area (Å²) < 4.78 is 0. The summed E-state index contributed by atoms with van der Waals surface area (Å²) in [6.07, 6.45) is 1.72. The zero-order chi connectivity index (χ0) is 12.3. The van der Waals surface area contributed by atoms with Crippen LogP contribution in [0.1, 0.15) is 32.6 Å². The molecule has 0 aliphatic heterocycles. The van der Waals surface area contributed by atoms with E-state index in [1.807, 2.05) is 0 Å². The molecule has 0 heterocycles. The molecule has 0 aromatic heterocycles. The van der Waals surface area contributed by atoms with Crippen molar-refractivity contribution >= 4 is 11.9 Å². The summed E-state index contributed by atoms with van der Waals surface area (Å²) >= 11 is 0. The maximum atomic E-state index is 11.8. The maximum Gasteiger partial charge on any atom is 0.328 e. The van der Waals surface area contributed by atoms with Gasteiger partial charge in [-0.15, -0.1) is 0 Å². The van der Waals surface area contributed by atoms with Crippen LogP contribution in [-0.2, 0) is 9.59 Å². The number of amides is 1. The van der Waals surface area contributed by atoms with Gasteiger partial charge in [-0.2, -0.15) is 0 Å². The van der Waals surface area contributed by atoms with Crippen LogP contribution in [-0.4, -0.2) is 39.8 Å². The Labute approximate surface area is 93.8 Å². The largest absolute Gasteiger partial charge is 0.480 e. The van der Waals surface area contributed by atoms with E-state index in [-0.39, 0.29) is 0 Å². The number of nitrogens with two attached hydrogens (primary N) is 1. The fourth-order valence-corrected chi connectivity index (χ4v) is 1.91. The Morgan fingerprint density at radius 3 is 2.25 bits per heavy atom. The molecular weight excluding hydrogens is 212 g/mol. The number of carboxylic acid groups (broad SMARTS) is 1. The molecular formula is C10H18N2O4. The van der Waals surface area contributed by atoms with Crippen molar-refractivity contribution in [3.63, 3.8) is 0 Å². The standard InChI is InChI=1S/C10H18N2O4/c1-6(13)7(8(14)15)12-9(16)10(11)4-2-3-5-10/h6-7,13H,2-5,11H2,1H3,(H,12,16)(H,14,15)/t6-,7+/m1/s1. The second-order valence-electron chi connectivity index (χ2n) is 4.39. The topological polar surface area (TPSA) is 113 Å². The lowest BCUT2D eigenvalue weighted by atomic mass is 9.97. The second-order valence-corrected chi connectivity index (χ2v) is 4.39. The second kappa shape index (κ2) is 4.80. The smallest absolute Gasteiger partial charge is 0.328 e. The fraction of sp³-hybridized carbons (Fsp3) is 0.800. The summed E-state index contributed by atoms with van der Waals surface area (Å²) in [5.74, 6) is -1.75. The van der Waals surface area contributed by atoms with Crippen LogP contribution in [0.15, 0.2) is 0 Å². The van der Waals surface area contributed by atoms with E-state index < -0.39 is 29.6 Å².